The van der Waals surface area contributed by atoms with Gasteiger partial charge in [0.1, 0.15) is 6.07 Å². The highest BCUT2D eigenvalue weighted by molar-refractivity contribution is 7.99. The molecule has 0 amide bonds. The van der Waals surface area contributed by atoms with Crippen LogP contribution in [-0.4, -0.2) is 32.5 Å². The summed E-state index contributed by atoms with van der Waals surface area (Å²) >= 11 is 1.49. The molecule has 1 N–H and O–H groups in total. The predicted octanol–water partition coefficient (Wildman–Crippen LogP) is 4.61. The van der Waals surface area contributed by atoms with Crippen LogP contribution in [0, 0.1) is 24.8 Å². The third-order valence-electron chi connectivity index (χ3n) is 5.64. The summed E-state index contributed by atoms with van der Waals surface area (Å²) in [7, 11) is 0. The van der Waals surface area contributed by atoms with Crippen molar-refractivity contribution >= 4 is 23.0 Å². The summed E-state index contributed by atoms with van der Waals surface area (Å²) < 4.78 is 3.86. The number of hydrogen-bond acceptors (Lipinski definition) is 5. The van der Waals surface area contributed by atoms with Crippen molar-refractivity contribution in [2.24, 2.45) is 0 Å². The Bertz CT molecular complexity index is 1360. The molecular formula is C23H19N7S. The van der Waals surface area contributed by atoms with Crippen molar-refractivity contribution < 1.29 is 0 Å². The van der Waals surface area contributed by atoms with Crippen molar-refractivity contribution in [3.05, 3.63) is 71.6 Å². The lowest BCUT2D eigenvalue weighted by Crippen LogP contribution is -2.15. The Morgan fingerprint density at radius 1 is 1.26 bits per heavy atom. The van der Waals surface area contributed by atoms with Crippen LogP contribution < -0.4 is 5.32 Å². The Morgan fingerprint density at radius 2 is 2.13 bits per heavy atom. The maximum absolute atomic E-state index is 9.59. The van der Waals surface area contributed by atoms with Crippen LogP contribution in [0.5, 0.6) is 0 Å². The first-order valence-electron chi connectivity index (χ1n) is 10.0. The van der Waals surface area contributed by atoms with Gasteiger partial charge in [-0.15, -0.1) is 0 Å². The number of nitrogens with zero attached hydrogens (tertiary/aromatic N) is 6. The lowest BCUT2D eigenvalue weighted by Gasteiger charge is -2.13. The minimum absolute atomic E-state index is 0.367. The van der Waals surface area contributed by atoms with Gasteiger partial charge >= 0.3 is 0 Å². The third-order valence-corrected chi connectivity index (χ3v) is 6.73. The summed E-state index contributed by atoms with van der Waals surface area (Å²) in [4.78, 5) is 5.38. The largest absolute Gasteiger partial charge is 0.315 e. The predicted molar refractivity (Wildman–Crippen MR) is 119 cm³/mol. The number of hydrogen-bond donors (Lipinski definition) is 1. The van der Waals surface area contributed by atoms with Crippen LogP contribution >= 0.6 is 11.8 Å². The fraction of sp³-hybridized carbons (Fsp3) is 0.217. The molecule has 0 bridgehead atoms. The molecule has 1 aliphatic rings. The second-order valence-electron chi connectivity index (χ2n) is 7.47. The van der Waals surface area contributed by atoms with Crippen LogP contribution in [0.25, 0.3) is 21.5 Å². The second-order valence-corrected chi connectivity index (χ2v) is 8.56. The number of fused-ring (bicyclic) bond motifs is 1. The lowest BCUT2D eigenvalue weighted by molar-refractivity contribution is 0.480. The van der Waals surface area contributed by atoms with Crippen molar-refractivity contribution in [3.63, 3.8) is 0 Å². The van der Waals surface area contributed by atoms with E-state index in [1.54, 1.807) is 10.7 Å². The minimum Gasteiger partial charge on any atom is -0.315 e. The summed E-state index contributed by atoms with van der Waals surface area (Å²) in [5, 5.41) is 22.1. The van der Waals surface area contributed by atoms with E-state index < -0.39 is 0 Å². The van der Waals surface area contributed by atoms with Crippen LogP contribution in [0.4, 0.5) is 5.69 Å². The zero-order valence-electron chi connectivity index (χ0n) is 16.9. The fourth-order valence-electron chi connectivity index (χ4n) is 4.07. The summed E-state index contributed by atoms with van der Waals surface area (Å²) in [6.45, 7) is 11.5. The van der Waals surface area contributed by atoms with Gasteiger partial charge in [-0.25, -0.2) is 9.36 Å². The average Bonchev–Trinajstić information content (AvgIpc) is 3.53. The van der Waals surface area contributed by atoms with E-state index in [0.29, 0.717) is 17.3 Å². The van der Waals surface area contributed by atoms with E-state index in [4.69, 9.17) is 6.57 Å². The molecule has 31 heavy (non-hydrogen) atoms. The van der Waals surface area contributed by atoms with Crippen molar-refractivity contribution in [1.82, 2.24) is 24.7 Å². The van der Waals surface area contributed by atoms with Crippen molar-refractivity contribution in [2.45, 2.75) is 29.2 Å². The molecule has 4 aromatic rings. The van der Waals surface area contributed by atoms with E-state index in [9.17, 15) is 5.26 Å². The molecule has 0 radical (unpaired) electrons. The maximum Gasteiger partial charge on any atom is 0.200 e. The SMILES string of the molecule is [C-]#[N+]c1ccccc1Sc1cc(-c2cnn([C@@H]3CCNC3)c2C)cn2ncc(C#N)c12. The van der Waals surface area contributed by atoms with E-state index in [2.05, 4.69) is 44.1 Å². The first-order valence-corrected chi connectivity index (χ1v) is 10.8. The quantitative estimate of drug-likeness (QED) is 0.483. The Labute approximate surface area is 184 Å². The van der Waals surface area contributed by atoms with Gasteiger partial charge in [-0.2, -0.15) is 15.5 Å². The standard InChI is InChI=1S/C23H19N7S/c1-15-19(13-28-30(15)18-7-8-26-12-18)16-9-22(23-17(10-24)11-27-29(23)14-16)31-21-6-4-3-5-20(21)25-2/h3-6,9,11,13-14,18,26H,7-8,12H2,1H3/t18-/m1/s1. The lowest BCUT2D eigenvalue weighted by atomic mass is 10.1. The average molecular weight is 426 g/mol. The Balaban J connectivity index is 1.65. The second kappa shape index (κ2) is 7.92. The molecule has 5 rings (SSSR count). The number of rotatable bonds is 4. The summed E-state index contributed by atoms with van der Waals surface area (Å²) in [5.74, 6) is 0. The zero-order valence-corrected chi connectivity index (χ0v) is 17.7. The number of nitriles is 1. The smallest absolute Gasteiger partial charge is 0.200 e. The molecule has 1 fully saturated rings. The normalized spacial score (nSPS) is 15.8. The molecule has 8 heteroatoms. The van der Waals surface area contributed by atoms with Gasteiger partial charge in [0.15, 0.2) is 0 Å². The van der Waals surface area contributed by atoms with Crippen molar-refractivity contribution in [1.29, 1.82) is 5.26 Å². The molecule has 0 aliphatic carbocycles. The van der Waals surface area contributed by atoms with E-state index in [1.807, 2.05) is 36.7 Å². The van der Waals surface area contributed by atoms with E-state index in [0.717, 1.165) is 51.6 Å². The maximum atomic E-state index is 9.59. The first-order chi connectivity index (χ1) is 15.2. The van der Waals surface area contributed by atoms with Gasteiger partial charge in [0, 0.05) is 39.4 Å². The highest BCUT2D eigenvalue weighted by Gasteiger charge is 2.22. The molecule has 1 aromatic carbocycles. The molecule has 0 unspecified atom stereocenters. The van der Waals surface area contributed by atoms with Crippen molar-refractivity contribution in [2.75, 3.05) is 13.1 Å². The Hall–Kier alpha value is -3.59. The van der Waals surface area contributed by atoms with E-state index >= 15 is 0 Å². The number of nitrogens with one attached hydrogen (secondary N) is 1. The molecule has 152 valence electrons. The van der Waals surface area contributed by atoms with Crippen LogP contribution in [0.15, 0.2) is 58.7 Å². The zero-order chi connectivity index (χ0) is 21.4. The number of pyridine rings is 1. The number of aromatic nitrogens is 4. The van der Waals surface area contributed by atoms with E-state index in [-0.39, 0.29) is 0 Å². The Morgan fingerprint density at radius 3 is 2.90 bits per heavy atom. The van der Waals surface area contributed by atoms with Gasteiger partial charge in [0.05, 0.1) is 36.1 Å². The van der Waals surface area contributed by atoms with Crippen LogP contribution in [0.3, 0.4) is 0 Å². The van der Waals surface area contributed by atoms with Gasteiger partial charge in [0.25, 0.3) is 0 Å². The summed E-state index contributed by atoms with van der Waals surface area (Å²) in [6.07, 6.45) is 6.51. The topological polar surface area (TPSA) is 75.3 Å². The first kappa shape index (κ1) is 19.4. The van der Waals surface area contributed by atoms with Crippen molar-refractivity contribution in [3.8, 4) is 17.2 Å². The molecule has 1 saturated heterocycles. The van der Waals surface area contributed by atoms with Crippen LogP contribution in [0.2, 0.25) is 0 Å². The minimum atomic E-state index is 0.367. The highest BCUT2D eigenvalue weighted by atomic mass is 32.2. The fourth-order valence-corrected chi connectivity index (χ4v) is 5.16. The van der Waals surface area contributed by atoms with Gasteiger partial charge in [-0.1, -0.05) is 36.0 Å². The monoisotopic (exact) mass is 425 g/mol. The molecule has 0 saturated carbocycles. The molecule has 4 heterocycles. The molecule has 3 aromatic heterocycles. The molecule has 0 spiro atoms. The van der Waals surface area contributed by atoms with Crippen LogP contribution in [0.1, 0.15) is 23.7 Å². The molecule has 7 nitrogen and oxygen atoms in total. The molecular weight excluding hydrogens is 406 g/mol. The third kappa shape index (κ3) is 3.36. The van der Waals surface area contributed by atoms with Gasteiger partial charge in [-0.3, -0.25) is 4.68 Å². The van der Waals surface area contributed by atoms with Gasteiger partial charge < -0.3 is 5.32 Å². The molecule has 1 aliphatic heterocycles. The number of para-hydroxylation sites is 1. The molecule has 1 atom stereocenters. The number of benzene rings is 1. The van der Waals surface area contributed by atoms with Gasteiger partial charge in [0.2, 0.25) is 5.69 Å². The highest BCUT2D eigenvalue weighted by Crippen LogP contribution is 2.40. The summed E-state index contributed by atoms with van der Waals surface area (Å²) in [5.41, 5.74) is 4.99. The Kier molecular flexibility index (Phi) is 4.95. The van der Waals surface area contributed by atoms with Crippen LogP contribution in [-0.2, 0) is 0 Å². The summed E-state index contributed by atoms with van der Waals surface area (Å²) in [6, 6.07) is 12.2. The van der Waals surface area contributed by atoms with Gasteiger partial charge in [-0.05, 0) is 26.0 Å². The van der Waals surface area contributed by atoms with E-state index in [1.165, 1.54) is 11.8 Å².